The smallest absolute Gasteiger partial charge is 0.319 e. The molecule has 2 N–H and O–H groups in total. The van der Waals surface area contributed by atoms with Crippen LogP contribution in [0.25, 0.3) is 0 Å². The monoisotopic (exact) mass is 226 g/mol. The summed E-state index contributed by atoms with van der Waals surface area (Å²) in [6.07, 6.45) is 1.28. The summed E-state index contributed by atoms with van der Waals surface area (Å²) >= 11 is 0. The van der Waals surface area contributed by atoms with Gasteiger partial charge in [-0.2, -0.15) is 0 Å². The van der Waals surface area contributed by atoms with Crippen LogP contribution in [0.15, 0.2) is 0 Å². The molecule has 2 amide bonds. The first-order valence-corrected chi connectivity index (χ1v) is 5.27. The van der Waals surface area contributed by atoms with E-state index in [2.05, 4.69) is 5.32 Å². The Bertz CT molecular complexity index is 362. The molecule has 0 aromatic carbocycles. The summed E-state index contributed by atoms with van der Waals surface area (Å²) in [5.41, 5.74) is -1.26. The Morgan fingerprint density at radius 3 is 2.50 bits per heavy atom. The molecule has 2 fully saturated rings. The number of amides is 2. The van der Waals surface area contributed by atoms with Gasteiger partial charge in [0.1, 0.15) is 11.5 Å². The zero-order valence-electron chi connectivity index (χ0n) is 9.02. The predicted molar refractivity (Wildman–Crippen MR) is 53.5 cm³/mol. The lowest BCUT2D eigenvalue weighted by Crippen LogP contribution is -2.46. The van der Waals surface area contributed by atoms with Crippen LogP contribution in [0.2, 0.25) is 0 Å². The van der Waals surface area contributed by atoms with Gasteiger partial charge in [0.2, 0.25) is 11.8 Å². The van der Waals surface area contributed by atoms with Crippen molar-refractivity contribution < 1.29 is 19.5 Å². The molecular weight excluding hydrogens is 212 g/mol. The largest absolute Gasteiger partial charge is 0.480 e. The fourth-order valence-corrected chi connectivity index (χ4v) is 1.92. The highest BCUT2D eigenvalue weighted by molar-refractivity contribution is 6.06. The van der Waals surface area contributed by atoms with Gasteiger partial charge in [-0.15, -0.1) is 0 Å². The van der Waals surface area contributed by atoms with Crippen LogP contribution in [-0.2, 0) is 14.4 Å². The van der Waals surface area contributed by atoms with Crippen LogP contribution in [0, 0.1) is 5.41 Å². The number of rotatable bonds is 3. The third kappa shape index (κ3) is 1.54. The van der Waals surface area contributed by atoms with Crippen LogP contribution < -0.4 is 5.32 Å². The highest BCUT2D eigenvalue weighted by Gasteiger charge is 2.57. The Labute approximate surface area is 92.6 Å². The number of nitrogens with one attached hydrogen (secondary N) is 1. The van der Waals surface area contributed by atoms with Gasteiger partial charge in [-0.3, -0.25) is 14.4 Å². The molecule has 6 nitrogen and oxygen atoms in total. The van der Waals surface area contributed by atoms with Crippen LogP contribution in [-0.4, -0.2) is 47.4 Å². The normalized spacial score (nSPS) is 26.7. The van der Waals surface area contributed by atoms with E-state index in [0.717, 1.165) is 0 Å². The third-order valence-corrected chi connectivity index (χ3v) is 3.33. The molecule has 1 saturated heterocycles. The summed E-state index contributed by atoms with van der Waals surface area (Å²) in [7, 11) is 1.67. The Morgan fingerprint density at radius 1 is 1.50 bits per heavy atom. The standard InChI is InChI=1S/C10H14N2O4/c1-12-5-2-6(7(12)13)11-8(14)10(3-4-10)9(15)16/h6H,2-5H2,1H3,(H,11,14)(H,15,16). The molecule has 88 valence electrons. The lowest BCUT2D eigenvalue weighted by molar-refractivity contribution is -0.150. The minimum absolute atomic E-state index is 0.144. The van der Waals surface area contributed by atoms with Gasteiger partial charge in [-0.1, -0.05) is 0 Å². The van der Waals surface area contributed by atoms with Crippen molar-refractivity contribution >= 4 is 17.8 Å². The second-order valence-corrected chi connectivity index (χ2v) is 4.46. The fourth-order valence-electron chi connectivity index (χ4n) is 1.92. The minimum Gasteiger partial charge on any atom is -0.480 e. The molecule has 2 rings (SSSR count). The zero-order valence-corrected chi connectivity index (χ0v) is 9.02. The minimum atomic E-state index is -1.26. The van der Waals surface area contributed by atoms with Crippen LogP contribution in [0.3, 0.4) is 0 Å². The van der Waals surface area contributed by atoms with Crippen molar-refractivity contribution in [1.29, 1.82) is 0 Å². The SMILES string of the molecule is CN1CCC(NC(=O)C2(C(=O)O)CC2)C1=O. The third-order valence-electron chi connectivity index (χ3n) is 3.33. The molecule has 1 aliphatic carbocycles. The van der Waals surface area contributed by atoms with Crippen molar-refractivity contribution in [1.82, 2.24) is 10.2 Å². The van der Waals surface area contributed by atoms with Crippen LogP contribution in [0.4, 0.5) is 0 Å². The van der Waals surface area contributed by atoms with E-state index < -0.39 is 23.3 Å². The molecule has 1 unspecified atom stereocenters. The predicted octanol–water partition coefficient (Wildman–Crippen LogP) is -0.802. The van der Waals surface area contributed by atoms with Gasteiger partial charge in [0.25, 0.3) is 0 Å². The van der Waals surface area contributed by atoms with E-state index in [4.69, 9.17) is 5.11 Å². The maximum atomic E-state index is 11.7. The number of carbonyl (C=O) groups excluding carboxylic acids is 2. The molecule has 1 saturated carbocycles. The molecule has 0 aromatic heterocycles. The molecular formula is C10H14N2O4. The Balaban J connectivity index is 1.99. The molecule has 1 aliphatic heterocycles. The number of carbonyl (C=O) groups is 3. The Kier molecular flexibility index (Phi) is 2.36. The van der Waals surface area contributed by atoms with E-state index in [0.29, 0.717) is 25.8 Å². The van der Waals surface area contributed by atoms with Crippen LogP contribution in [0.5, 0.6) is 0 Å². The van der Waals surface area contributed by atoms with Gasteiger partial charge >= 0.3 is 5.97 Å². The van der Waals surface area contributed by atoms with Gasteiger partial charge in [0.15, 0.2) is 0 Å². The summed E-state index contributed by atoms with van der Waals surface area (Å²) in [5.74, 6) is -1.76. The van der Waals surface area contributed by atoms with Gasteiger partial charge < -0.3 is 15.3 Å². The summed E-state index contributed by atoms with van der Waals surface area (Å²) in [6, 6.07) is -0.547. The molecule has 6 heteroatoms. The quantitative estimate of drug-likeness (QED) is 0.617. The molecule has 16 heavy (non-hydrogen) atoms. The topological polar surface area (TPSA) is 86.7 Å². The molecule has 0 bridgehead atoms. The lowest BCUT2D eigenvalue weighted by Gasteiger charge is -2.15. The first kappa shape index (κ1) is 10.9. The average Bonchev–Trinajstić information content (AvgIpc) is 2.98. The molecule has 1 atom stereocenters. The number of aliphatic carboxylic acids is 1. The number of hydrogen-bond donors (Lipinski definition) is 2. The van der Waals surface area contributed by atoms with Crippen molar-refractivity contribution in [2.45, 2.75) is 25.3 Å². The molecule has 1 heterocycles. The number of carboxylic acids is 1. The lowest BCUT2D eigenvalue weighted by atomic mass is 10.1. The zero-order chi connectivity index (χ0) is 11.9. The van der Waals surface area contributed by atoms with Gasteiger partial charge in [0.05, 0.1) is 0 Å². The summed E-state index contributed by atoms with van der Waals surface area (Å²) in [6.45, 7) is 0.601. The van der Waals surface area contributed by atoms with Gasteiger partial charge in [-0.05, 0) is 19.3 Å². The van der Waals surface area contributed by atoms with E-state index in [9.17, 15) is 14.4 Å². The second kappa shape index (κ2) is 3.47. The maximum absolute atomic E-state index is 11.7. The number of carboxylic acid groups (broad SMARTS) is 1. The highest BCUT2D eigenvalue weighted by Crippen LogP contribution is 2.46. The molecule has 0 aromatic rings. The molecule has 0 radical (unpaired) electrons. The summed E-state index contributed by atoms with van der Waals surface area (Å²) in [4.78, 5) is 35.7. The Morgan fingerprint density at radius 2 is 2.12 bits per heavy atom. The number of nitrogens with zero attached hydrogens (tertiary/aromatic N) is 1. The van der Waals surface area contributed by atoms with Gasteiger partial charge in [-0.25, -0.2) is 0 Å². The fraction of sp³-hybridized carbons (Fsp3) is 0.700. The van der Waals surface area contributed by atoms with E-state index in [1.54, 1.807) is 7.05 Å². The van der Waals surface area contributed by atoms with Crippen molar-refractivity contribution in [2.24, 2.45) is 5.41 Å². The van der Waals surface area contributed by atoms with Crippen molar-refractivity contribution in [3.8, 4) is 0 Å². The molecule has 0 spiro atoms. The van der Waals surface area contributed by atoms with E-state index >= 15 is 0 Å². The first-order valence-electron chi connectivity index (χ1n) is 5.27. The van der Waals surface area contributed by atoms with E-state index in [-0.39, 0.29) is 5.91 Å². The Hall–Kier alpha value is -1.59. The summed E-state index contributed by atoms with van der Waals surface area (Å²) in [5, 5.41) is 11.4. The van der Waals surface area contributed by atoms with Crippen LogP contribution >= 0.6 is 0 Å². The highest BCUT2D eigenvalue weighted by atomic mass is 16.4. The molecule has 2 aliphatic rings. The van der Waals surface area contributed by atoms with Crippen molar-refractivity contribution in [3.05, 3.63) is 0 Å². The van der Waals surface area contributed by atoms with Gasteiger partial charge in [0, 0.05) is 13.6 Å². The summed E-state index contributed by atoms with van der Waals surface area (Å²) < 4.78 is 0. The maximum Gasteiger partial charge on any atom is 0.319 e. The first-order chi connectivity index (χ1) is 7.47. The van der Waals surface area contributed by atoms with E-state index in [1.807, 2.05) is 0 Å². The number of likely N-dealkylation sites (tertiary alicyclic amines) is 1. The average molecular weight is 226 g/mol. The number of likely N-dealkylation sites (N-methyl/N-ethyl adjacent to an activating group) is 1. The van der Waals surface area contributed by atoms with E-state index in [1.165, 1.54) is 4.90 Å². The van der Waals surface area contributed by atoms with Crippen molar-refractivity contribution in [2.75, 3.05) is 13.6 Å². The second-order valence-electron chi connectivity index (χ2n) is 4.46. The number of hydrogen-bond acceptors (Lipinski definition) is 3. The van der Waals surface area contributed by atoms with Crippen molar-refractivity contribution in [3.63, 3.8) is 0 Å². The van der Waals surface area contributed by atoms with Crippen LogP contribution in [0.1, 0.15) is 19.3 Å².